The molecule has 1 aromatic carbocycles. The van der Waals surface area contributed by atoms with Gasteiger partial charge in [-0.05, 0) is 49.4 Å². The van der Waals surface area contributed by atoms with Crippen molar-refractivity contribution in [3.8, 4) is 0 Å². The smallest absolute Gasteiger partial charge is 0.310 e. The summed E-state index contributed by atoms with van der Waals surface area (Å²) in [5, 5.41) is 13.8. The molecule has 1 heterocycles. The molecule has 1 aliphatic carbocycles. The van der Waals surface area contributed by atoms with Crippen molar-refractivity contribution in [3.05, 3.63) is 41.4 Å². The van der Waals surface area contributed by atoms with Gasteiger partial charge in [-0.3, -0.25) is 14.4 Å². The summed E-state index contributed by atoms with van der Waals surface area (Å²) in [6.07, 6.45) is 6.23. The number of likely N-dealkylation sites (tertiary alicyclic amines) is 1. The fourth-order valence-corrected chi connectivity index (χ4v) is 5.66. The Hall–Kier alpha value is -2.38. The molecule has 0 spiro atoms. The summed E-state index contributed by atoms with van der Waals surface area (Å²) in [5.41, 5.74) is 0.560. The Morgan fingerprint density at radius 1 is 1.17 bits per heavy atom. The first kappa shape index (κ1) is 27.2. The minimum Gasteiger partial charge on any atom is -0.466 e. The predicted octanol–water partition coefficient (Wildman–Crippen LogP) is 4.29. The quantitative estimate of drug-likeness (QED) is 0.366. The Morgan fingerprint density at radius 2 is 1.86 bits per heavy atom. The molecule has 7 nitrogen and oxygen atoms in total. The highest BCUT2D eigenvalue weighted by Crippen LogP contribution is 2.47. The maximum Gasteiger partial charge on any atom is 0.310 e. The fourth-order valence-electron chi connectivity index (χ4n) is 5.53. The van der Waals surface area contributed by atoms with E-state index in [0.29, 0.717) is 10.7 Å². The molecule has 0 saturated carbocycles. The SMILES string of the molecule is CCC[C@@H]1C=C[C@H]2[C@@H](C(=O)N([C@@H](CO)[C@@H](C)CC)[C@@H]2C(=O)Nc2ccc(Cl)cc2)[C@@H]1C(=O)OCC. The van der Waals surface area contributed by atoms with Gasteiger partial charge in [0, 0.05) is 16.6 Å². The molecule has 0 aromatic heterocycles. The summed E-state index contributed by atoms with van der Waals surface area (Å²) in [6, 6.07) is 5.36. The first-order chi connectivity index (χ1) is 16.8. The molecule has 0 radical (unpaired) electrons. The standard InChI is InChI=1S/C27H37ClN2O5/c1-5-8-17-9-14-20-23(22(17)27(34)35-7-3)26(33)30(21(15-31)16(4)6-2)24(20)25(32)29-19-12-10-18(28)11-13-19/h9-14,16-17,20-24,31H,5-8,15H2,1-4H3,(H,29,32)/t16-,17+,20-,21-,22+,23+,24-/m0/s1. The van der Waals surface area contributed by atoms with E-state index in [9.17, 15) is 19.5 Å². The Morgan fingerprint density at radius 3 is 2.43 bits per heavy atom. The van der Waals surface area contributed by atoms with Gasteiger partial charge in [0.25, 0.3) is 0 Å². The molecule has 35 heavy (non-hydrogen) atoms. The first-order valence-electron chi connectivity index (χ1n) is 12.6. The number of amides is 2. The topological polar surface area (TPSA) is 95.9 Å². The lowest BCUT2D eigenvalue weighted by Crippen LogP contribution is -2.52. The molecule has 3 rings (SSSR count). The molecule has 8 heteroatoms. The number of halogens is 1. The minimum atomic E-state index is -0.856. The van der Waals surface area contributed by atoms with Crippen LogP contribution in [0, 0.1) is 29.6 Å². The van der Waals surface area contributed by atoms with E-state index in [1.165, 1.54) is 0 Å². The number of carbonyl (C=O) groups is 3. The number of ether oxygens (including phenoxy) is 1. The maximum atomic E-state index is 14.0. The number of nitrogens with zero attached hydrogens (tertiary/aromatic N) is 1. The molecule has 1 aromatic rings. The van der Waals surface area contributed by atoms with Gasteiger partial charge < -0.3 is 20.1 Å². The molecule has 0 bridgehead atoms. The second kappa shape index (κ2) is 12.0. The summed E-state index contributed by atoms with van der Waals surface area (Å²) in [5.74, 6) is -3.08. The van der Waals surface area contributed by atoms with Crippen LogP contribution in [-0.4, -0.2) is 53.1 Å². The van der Waals surface area contributed by atoms with Crippen LogP contribution >= 0.6 is 11.6 Å². The number of benzene rings is 1. The minimum absolute atomic E-state index is 0.0357. The lowest BCUT2D eigenvalue weighted by Gasteiger charge is -2.36. The number of fused-ring (bicyclic) bond motifs is 1. The Bertz CT molecular complexity index is 934. The van der Waals surface area contributed by atoms with Crippen LogP contribution in [0.4, 0.5) is 5.69 Å². The van der Waals surface area contributed by atoms with Crippen LogP contribution in [0.5, 0.6) is 0 Å². The maximum absolute atomic E-state index is 14.0. The normalized spacial score (nSPS) is 27.3. The van der Waals surface area contributed by atoms with Gasteiger partial charge in [0.1, 0.15) is 6.04 Å². The Balaban J connectivity index is 2.06. The number of esters is 1. The van der Waals surface area contributed by atoms with Gasteiger partial charge in [-0.15, -0.1) is 0 Å². The van der Waals surface area contributed by atoms with E-state index in [2.05, 4.69) is 5.32 Å². The first-order valence-corrected chi connectivity index (χ1v) is 13.0. The van der Waals surface area contributed by atoms with Crippen LogP contribution in [0.1, 0.15) is 47.0 Å². The average molecular weight is 505 g/mol. The number of hydrogen-bond donors (Lipinski definition) is 2. The Labute approximate surface area is 212 Å². The van der Waals surface area contributed by atoms with Gasteiger partial charge in [-0.25, -0.2) is 0 Å². The van der Waals surface area contributed by atoms with Crippen molar-refractivity contribution < 1.29 is 24.2 Å². The van der Waals surface area contributed by atoms with Crippen LogP contribution in [-0.2, 0) is 19.1 Å². The van der Waals surface area contributed by atoms with E-state index in [-0.39, 0.29) is 36.9 Å². The van der Waals surface area contributed by atoms with E-state index in [4.69, 9.17) is 16.3 Å². The van der Waals surface area contributed by atoms with E-state index >= 15 is 0 Å². The Kier molecular flexibility index (Phi) is 9.36. The number of allylic oxidation sites excluding steroid dienone is 1. The third-order valence-corrected chi connectivity index (χ3v) is 7.71. The van der Waals surface area contributed by atoms with Gasteiger partial charge in [0.15, 0.2) is 0 Å². The third kappa shape index (κ3) is 5.56. The van der Waals surface area contributed by atoms with Crippen molar-refractivity contribution in [2.75, 3.05) is 18.5 Å². The average Bonchev–Trinajstić information content (AvgIpc) is 3.13. The second-order valence-electron chi connectivity index (χ2n) is 9.54. The molecule has 0 unspecified atom stereocenters. The largest absolute Gasteiger partial charge is 0.466 e. The van der Waals surface area contributed by atoms with Gasteiger partial charge in [-0.2, -0.15) is 0 Å². The summed E-state index contributed by atoms with van der Waals surface area (Å²) in [4.78, 5) is 42.4. The van der Waals surface area contributed by atoms with Crippen molar-refractivity contribution in [1.29, 1.82) is 0 Å². The van der Waals surface area contributed by atoms with Crippen LogP contribution in [0.15, 0.2) is 36.4 Å². The second-order valence-corrected chi connectivity index (χ2v) is 9.98. The van der Waals surface area contributed by atoms with Gasteiger partial charge in [0.2, 0.25) is 11.8 Å². The zero-order valence-electron chi connectivity index (χ0n) is 20.9. The highest BCUT2D eigenvalue weighted by Gasteiger charge is 2.59. The summed E-state index contributed by atoms with van der Waals surface area (Å²) in [6.45, 7) is 7.69. The monoisotopic (exact) mass is 504 g/mol. The van der Waals surface area contributed by atoms with E-state index in [1.807, 2.05) is 32.9 Å². The highest BCUT2D eigenvalue weighted by atomic mass is 35.5. The van der Waals surface area contributed by atoms with E-state index in [1.54, 1.807) is 36.1 Å². The molecule has 2 amide bonds. The zero-order valence-corrected chi connectivity index (χ0v) is 21.7. The van der Waals surface area contributed by atoms with Crippen molar-refractivity contribution in [3.63, 3.8) is 0 Å². The molecule has 2 N–H and O–H groups in total. The molecule has 1 saturated heterocycles. The van der Waals surface area contributed by atoms with E-state index < -0.39 is 35.8 Å². The molecule has 192 valence electrons. The van der Waals surface area contributed by atoms with E-state index in [0.717, 1.165) is 19.3 Å². The lowest BCUT2D eigenvalue weighted by molar-refractivity contribution is -0.156. The van der Waals surface area contributed by atoms with Crippen molar-refractivity contribution in [1.82, 2.24) is 4.90 Å². The number of anilines is 1. The van der Waals surface area contributed by atoms with Crippen molar-refractivity contribution in [2.24, 2.45) is 29.6 Å². The molecule has 1 aliphatic heterocycles. The van der Waals surface area contributed by atoms with Gasteiger partial charge in [0.05, 0.1) is 31.1 Å². The van der Waals surface area contributed by atoms with Crippen LogP contribution in [0.25, 0.3) is 0 Å². The highest BCUT2D eigenvalue weighted by molar-refractivity contribution is 6.30. The number of rotatable bonds is 10. The number of carbonyl (C=O) groups excluding carboxylic acids is 3. The summed E-state index contributed by atoms with van der Waals surface area (Å²) in [7, 11) is 0. The number of aliphatic hydroxyl groups is 1. The zero-order chi connectivity index (χ0) is 25.7. The molecule has 1 fully saturated rings. The summed E-state index contributed by atoms with van der Waals surface area (Å²) >= 11 is 5.98. The van der Waals surface area contributed by atoms with Gasteiger partial charge in [-0.1, -0.05) is 57.4 Å². The molecular weight excluding hydrogens is 468 g/mol. The van der Waals surface area contributed by atoms with Crippen LogP contribution in [0.3, 0.4) is 0 Å². The van der Waals surface area contributed by atoms with Crippen LogP contribution in [0.2, 0.25) is 5.02 Å². The molecule has 2 aliphatic rings. The van der Waals surface area contributed by atoms with Crippen molar-refractivity contribution >= 4 is 35.1 Å². The number of hydrogen-bond acceptors (Lipinski definition) is 5. The van der Waals surface area contributed by atoms with Crippen molar-refractivity contribution in [2.45, 2.75) is 59.0 Å². The predicted molar refractivity (Wildman–Crippen MR) is 136 cm³/mol. The third-order valence-electron chi connectivity index (χ3n) is 7.45. The van der Waals surface area contributed by atoms with Crippen LogP contribution < -0.4 is 5.32 Å². The van der Waals surface area contributed by atoms with Gasteiger partial charge >= 0.3 is 5.97 Å². The number of nitrogens with one attached hydrogen (secondary N) is 1. The molecule has 7 atom stereocenters. The summed E-state index contributed by atoms with van der Waals surface area (Å²) < 4.78 is 5.40. The molecular formula is C27H37ClN2O5. The lowest BCUT2D eigenvalue weighted by atomic mass is 9.69. The fraction of sp³-hybridized carbons (Fsp3) is 0.593. The number of aliphatic hydroxyl groups excluding tert-OH is 1.